The number of benzene rings is 2. The first-order valence-electron chi connectivity index (χ1n) is 8.58. The van der Waals surface area contributed by atoms with Crippen LogP contribution in [0.15, 0.2) is 42.5 Å². The third kappa shape index (κ3) is 3.57. The van der Waals surface area contributed by atoms with Gasteiger partial charge in [0.15, 0.2) is 0 Å². The van der Waals surface area contributed by atoms with Gasteiger partial charge in [0.1, 0.15) is 6.04 Å². The van der Waals surface area contributed by atoms with Crippen molar-refractivity contribution in [3.8, 4) is 0 Å². The van der Waals surface area contributed by atoms with Gasteiger partial charge in [-0.15, -0.1) is 0 Å². The first-order valence-corrected chi connectivity index (χ1v) is 9.33. The minimum Gasteiger partial charge on any atom is -0.323 e. The second-order valence-corrected chi connectivity index (χ2v) is 7.31. The van der Waals surface area contributed by atoms with Crippen molar-refractivity contribution in [3.05, 3.63) is 63.6 Å². The molecule has 0 aromatic heterocycles. The van der Waals surface area contributed by atoms with E-state index in [9.17, 15) is 14.4 Å². The van der Waals surface area contributed by atoms with Gasteiger partial charge in [0.25, 0.3) is 11.8 Å². The quantitative estimate of drug-likeness (QED) is 0.737. The number of hydrogen-bond acceptors (Lipinski definition) is 3. The molecule has 5 nitrogen and oxygen atoms in total. The van der Waals surface area contributed by atoms with Crippen molar-refractivity contribution in [3.63, 3.8) is 0 Å². The predicted octanol–water partition coefficient (Wildman–Crippen LogP) is 4.64. The molecule has 27 heavy (non-hydrogen) atoms. The fourth-order valence-corrected chi connectivity index (χ4v) is 3.57. The molecule has 0 radical (unpaired) electrons. The van der Waals surface area contributed by atoms with Crippen molar-refractivity contribution in [1.29, 1.82) is 0 Å². The van der Waals surface area contributed by atoms with E-state index in [2.05, 4.69) is 5.32 Å². The van der Waals surface area contributed by atoms with Gasteiger partial charge < -0.3 is 5.32 Å². The molecule has 3 rings (SSSR count). The van der Waals surface area contributed by atoms with Crippen LogP contribution in [0, 0.1) is 5.92 Å². The topological polar surface area (TPSA) is 66.5 Å². The van der Waals surface area contributed by atoms with Gasteiger partial charge in [0.05, 0.1) is 21.8 Å². The Morgan fingerprint density at radius 1 is 1.07 bits per heavy atom. The zero-order valence-electron chi connectivity index (χ0n) is 14.8. The van der Waals surface area contributed by atoms with Crippen LogP contribution in [0.25, 0.3) is 0 Å². The second kappa shape index (κ2) is 7.71. The van der Waals surface area contributed by atoms with Gasteiger partial charge in [-0.25, -0.2) is 0 Å². The molecule has 0 spiro atoms. The number of anilines is 1. The Hall–Kier alpha value is -2.37. The Labute approximate surface area is 167 Å². The molecule has 140 valence electrons. The largest absolute Gasteiger partial charge is 0.323 e. The molecule has 1 heterocycles. The summed E-state index contributed by atoms with van der Waals surface area (Å²) >= 11 is 12.0. The van der Waals surface area contributed by atoms with E-state index in [1.54, 1.807) is 36.4 Å². The number of carbonyl (C=O) groups excluding carboxylic acids is 3. The van der Waals surface area contributed by atoms with E-state index in [1.807, 2.05) is 13.8 Å². The number of hydrogen-bond donors (Lipinski definition) is 1. The average Bonchev–Trinajstić information content (AvgIpc) is 2.89. The lowest BCUT2D eigenvalue weighted by atomic mass is 9.96. The number of imide groups is 1. The number of nitrogens with one attached hydrogen (secondary N) is 1. The minimum atomic E-state index is -0.950. The highest BCUT2D eigenvalue weighted by atomic mass is 35.5. The lowest BCUT2D eigenvalue weighted by Gasteiger charge is -2.29. The number of fused-ring (bicyclic) bond motifs is 1. The van der Waals surface area contributed by atoms with E-state index in [-0.39, 0.29) is 10.9 Å². The van der Waals surface area contributed by atoms with Crippen LogP contribution in [0.1, 0.15) is 41.0 Å². The number of halogens is 2. The molecule has 0 saturated heterocycles. The molecule has 2 unspecified atom stereocenters. The fraction of sp³-hybridized carbons (Fsp3) is 0.250. The smallest absolute Gasteiger partial charge is 0.262 e. The lowest BCUT2D eigenvalue weighted by molar-refractivity contribution is -0.121. The zero-order chi connectivity index (χ0) is 19.7. The Morgan fingerprint density at radius 3 is 2.19 bits per heavy atom. The summed E-state index contributed by atoms with van der Waals surface area (Å²) in [6, 6.07) is 10.3. The van der Waals surface area contributed by atoms with Gasteiger partial charge in [-0.05, 0) is 36.2 Å². The molecule has 0 bridgehead atoms. The molecular formula is C20H18Cl2N2O3. The van der Waals surface area contributed by atoms with Crippen molar-refractivity contribution in [1.82, 2.24) is 4.90 Å². The van der Waals surface area contributed by atoms with Crippen LogP contribution < -0.4 is 5.32 Å². The molecule has 1 N–H and O–H groups in total. The maximum Gasteiger partial charge on any atom is 0.262 e. The summed E-state index contributed by atoms with van der Waals surface area (Å²) in [4.78, 5) is 39.7. The monoisotopic (exact) mass is 404 g/mol. The predicted molar refractivity (Wildman–Crippen MR) is 105 cm³/mol. The van der Waals surface area contributed by atoms with Crippen LogP contribution in [-0.2, 0) is 4.79 Å². The van der Waals surface area contributed by atoms with Crippen LogP contribution in [-0.4, -0.2) is 28.7 Å². The van der Waals surface area contributed by atoms with Crippen LogP contribution in [0.3, 0.4) is 0 Å². The molecular weight excluding hydrogens is 387 g/mol. The second-order valence-electron chi connectivity index (χ2n) is 6.47. The molecule has 2 atom stereocenters. The molecule has 1 aliphatic rings. The minimum absolute atomic E-state index is 0.238. The van der Waals surface area contributed by atoms with Gasteiger partial charge >= 0.3 is 0 Å². The van der Waals surface area contributed by atoms with Crippen molar-refractivity contribution >= 4 is 46.6 Å². The first-order chi connectivity index (χ1) is 12.8. The Bertz CT molecular complexity index is 894. The maximum absolute atomic E-state index is 13.0. The molecule has 0 fully saturated rings. The molecule has 0 aliphatic carbocycles. The standard InChI is InChI=1S/C20H18Cl2N2O3/c1-3-11(2)17(18(25)23-16-9-8-12(21)10-15(16)22)24-19(26)13-6-4-5-7-14(13)20(24)27/h4-11,17H,3H2,1-2H3,(H,23,25). The molecule has 7 heteroatoms. The third-order valence-electron chi connectivity index (χ3n) is 4.74. The summed E-state index contributed by atoms with van der Waals surface area (Å²) in [5, 5.41) is 3.44. The number of rotatable bonds is 5. The first kappa shape index (κ1) is 19.4. The molecule has 2 aromatic carbocycles. The van der Waals surface area contributed by atoms with Crippen molar-refractivity contribution < 1.29 is 14.4 Å². The fourth-order valence-electron chi connectivity index (χ4n) is 3.11. The van der Waals surface area contributed by atoms with Crippen LogP contribution in [0.2, 0.25) is 10.0 Å². The van der Waals surface area contributed by atoms with Gasteiger partial charge in [-0.3, -0.25) is 19.3 Å². The summed E-state index contributed by atoms with van der Waals surface area (Å²) in [6.45, 7) is 3.73. The summed E-state index contributed by atoms with van der Waals surface area (Å²) in [5.74, 6) is -1.63. The van der Waals surface area contributed by atoms with E-state index in [1.165, 1.54) is 6.07 Å². The Kier molecular flexibility index (Phi) is 5.53. The number of nitrogens with zero attached hydrogens (tertiary/aromatic N) is 1. The van der Waals surface area contributed by atoms with E-state index in [0.29, 0.717) is 28.3 Å². The van der Waals surface area contributed by atoms with E-state index in [0.717, 1.165) is 4.90 Å². The molecule has 0 saturated carbocycles. The normalized spacial score (nSPS) is 15.5. The average molecular weight is 405 g/mol. The van der Waals surface area contributed by atoms with E-state index >= 15 is 0 Å². The van der Waals surface area contributed by atoms with Gasteiger partial charge in [0.2, 0.25) is 5.91 Å². The summed E-state index contributed by atoms with van der Waals surface area (Å²) in [6.07, 6.45) is 0.611. The molecule has 1 aliphatic heterocycles. The van der Waals surface area contributed by atoms with Crippen LogP contribution in [0.5, 0.6) is 0 Å². The third-order valence-corrected chi connectivity index (χ3v) is 5.29. The highest BCUT2D eigenvalue weighted by Gasteiger charge is 2.44. The zero-order valence-corrected chi connectivity index (χ0v) is 16.3. The van der Waals surface area contributed by atoms with Crippen molar-refractivity contribution in [2.75, 3.05) is 5.32 Å². The highest BCUT2D eigenvalue weighted by Crippen LogP contribution is 2.30. The van der Waals surface area contributed by atoms with E-state index < -0.39 is 23.8 Å². The van der Waals surface area contributed by atoms with Crippen molar-refractivity contribution in [2.45, 2.75) is 26.3 Å². The number of carbonyl (C=O) groups is 3. The summed E-state index contributed by atoms with van der Waals surface area (Å²) in [7, 11) is 0. The highest BCUT2D eigenvalue weighted by molar-refractivity contribution is 6.36. The van der Waals surface area contributed by atoms with Gasteiger partial charge in [-0.2, -0.15) is 0 Å². The SMILES string of the molecule is CCC(C)C(C(=O)Nc1ccc(Cl)cc1Cl)N1C(=O)c2ccccc2C1=O. The summed E-state index contributed by atoms with van der Waals surface area (Å²) in [5.41, 5.74) is 0.997. The van der Waals surface area contributed by atoms with Gasteiger partial charge in [-0.1, -0.05) is 55.6 Å². The molecule has 3 amide bonds. The molecule has 2 aromatic rings. The number of amides is 3. The lowest BCUT2D eigenvalue weighted by Crippen LogP contribution is -2.50. The maximum atomic E-state index is 13.0. The van der Waals surface area contributed by atoms with Gasteiger partial charge in [0, 0.05) is 5.02 Å². The van der Waals surface area contributed by atoms with Crippen LogP contribution >= 0.6 is 23.2 Å². The summed E-state index contributed by atoms with van der Waals surface area (Å²) < 4.78 is 0. The van der Waals surface area contributed by atoms with E-state index in [4.69, 9.17) is 23.2 Å². The van der Waals surface area contributed by atoms with Crippen LogP contribution in [0.4, 0.5) is 5.69 Å². The Balaban J connectivity index is 1.94. The Morgan fingerprint density at radius 2 is 1.67 bits per heavy atom. The van der Waals surface area contributed by atoms with Crippen molar-refractivity contribution in [2.24, 2.45) is 5.92 Å².